The number of hydrogen-bond donors (Lipinski definition) is 0. The summed E-state index contributed by atoms with van der Waals surface area (Å²) in [7, 11) is 1.46. The van der Waals surface area contributed by atoms with Gasteiger partial charge in [-0.3, -0.25) is 4.79 Å². The zero-order valence-electron chi connectivity index (χ0n) is 11.7. The van der Waals surface area contributed by atoms with Crippen LogP contribution >= 0.6 is 0 Å². The second-order valence-electron chi connectivity index (χ2n) is 6.25. The lowest BCUT2D eigenvalue weighted by Crippen LogP contribution is -2.10. The van der Waals surface area contributed by atoms with Gasteiger partial charge in [0.05, 0.1) is 7.11 Å². The van der Waals surface area contributed by atoms with E-state index in [1.807, 2.05) is 0 Å². The Morgan fingerprint density at radius 2 is 1.89 bits per heavy atom. The summed E-state index contributed by atoms with van der Waals surface area (Å²) in [5.74, 6) is 0.949. The molecule has 98 valence electrons. The van der Waals surface area contributed by atoms with Gasteiger partial charge < -0.3 is 4.74 Å². The first-order valence-electron chi connectivity index (χ1n) is 6.59. The molecule has 0 heterocycles. The summed E-state index contributed by atoms with van der Waals surface area (Å²) in [6.07, 6.45) is 1.67. The van der Waals surface area contributed by atoms with Crippen molar-refractivity contribution < 1.29 is 9.53 Å². The molecular weight excluding hydrogens is 224 g/mol. The smallest absolute Gasteiger partial charge is 0.305 e. The summed E-state index contributed by atoms with van der Waals surface area (Å²) >= 11 is 0. The maximum atomic E-state index is 11.2. The number of carbonyl (C=O) groups excluding carboxylic acids is 1. The molecule has 2 heteroatoms. The van der Waals surface area contributed by atoms with Crippen LogP contribution in [-0.2, 0) is 14.9 Å². The monoisotopic (exact) mass is 246 g/mol. The van der Waals surface area contributed by atoms with Crippen LogP contribution in [0, 0.1) is 5.92 Å². The molecule has 2 unspecified atom stereocenters. The Hall–Kier alpha value is -1.31. The Bertz CT molecular complexity index is 425. The number of methoxy groups -OCH3 is 1. The second-order valence-corrected chi connectivity index (χ2v) is 6.25. The third kappa shape index (κ3) is 2.92. The maximum absolute atomic E-state index is 11.2. The van der Waals surface area contributed by atoms with Crippen molar-refractivity contribution in [1.29, 1.82) is 0 Å². The zero-order valence-corrected chi connectivity index (χ0v) is 11.7. The second kappa shape index (κ2) is 4.75. The molecule has 1 aromatic rings. The van der Waals surface area contributed by atoms with Crippen LogP contribution < -0.4 is 0 Å². The quantitative estimate of drug-likeness (QED) is 0.761. The van der Waals surface area contributed by atoms with Crippen LogP contribution in [0.15, 0.2) is 24.3 Å². The molecule has 1 saturated carbocycles. The Kier molecular flexibility index (Phi) is 3.47. The molecular formula is C16H22O2. The van der Waals surface area contributed by atoms with Gasteiger partial charge in [-0.15, -0.1) is 0 Å². The minimum absolute atomic E-state index is 0.0891. The van der Waals surface area contributed by atoms with Gasteiger partial charge in [-0.2, -0.15) is 0 Å². The number of esters is 1. The standard InChI is InChI=1S/C16H22O2/c1-16(2,3)13-7-5-11(6-8-13)14-9-12(14)10-15(17)18-4/h5-8,12,14H,9-10H2,1-4H3. The van der Waals surface area contributed by atoms with Crippen LogP contribution in [0.4, 0.5) is 0 Å². The molecule has 2 atom stereocenters. The van der Waals surface area contributed by atoms with Gasteiger partial charge in [0.2, 0.25) is 0 Å². The fourth-order valence-corrected chi connectivity index (χ4v) is 2.41. The van der Waals surface area contributed by atoms with E-state index in [0.29, 0.717) is 18.3 Å². The first-order valence-corrected chi connectivity index (χ1v) is 6.59. The number of rotatable bonds is 3. The normalized spacial score (nSPS) is 22.7. The molecule has 0 amide bonds. The first-order chi connectivity index (χ1) is 8.41. The number of benzene rings is 1. The van der Waals surface area contributed by atoms with Crippen molar-refractivity contribution in [1.82, 2.24) is 0 Å². The van der Waals surface area contributed by atoms with Gasteiger partial charge >= 0.3 is 5.97 Å². The summed E-state index contributed by atoms with van der Waals surface area (Å²) in [6.45, 7) is 6.66. The van der Waals surface area contributed by atoms with Crippen LogP contribution in [0.25, 0.3) is 0 Å². The molecule has 0 bridgehead atoms. The van der Waals surface area contributed by atoms with Crippen LogP contribution in [-0.4, -0.2) is 13.1 Å². The van der Waals surface area contributed by atoms with E-state index in [-0.39, 0.29) is 11.4 Å². The van der Waals surface area contributed by atoms with Gasteiger partial charge in [0, 0.05) is 6.42 Å². The highest BCUT2D eigenvalue weighted by Gasteiger charge is 2.39. The van der Waals surface area contributed by atoms with E-state index in [9.17, 15) is 4.79 Å². The summed E-state index contributed by atoms with van der Waals surface area (Å²) in [6, 6.07) is 8.84. The summed E-state index contributed by atoms with van der Waals surface area (Å²) in [4.78, 5) is 11.2. The van der Waals surface area contributed by atoms with Crippen molar-refractivity contribution in [3.8, 4) is 0 Å². The number of hydrogen-bond acceptors (Lipinski definition) is 2. The highest BCUT2D eigenvalue weighted by Crippen LogP contribution is 2.49. The van der Waals surface area contributed by atoms with E-state index < -0.39 is 0 Å². The highest BCUT2D eigenvalue weighted by molar-refractivity contribution is 5.70. The summed E-state index contributed by atoms with van der Waals surface area (Å²) in [5.41, 5.74) is 2.92. The van der Waals surface area contributed by atoms with Gasteiger partial charge in [0.15, 0.2) is 0 Å². The minimum Gasteiger partial charge on any atom is -0.469 e. The van der Waals surface area contributed by atoms with E-state index in [1.165, 1.54) is 18.2 Å². The van der Waals surface area contributed by atoms with Gasteiger partial charge in [-0.05, 0) is 34.8 Å². The number of carbonyl (C=O) groups is 1. The van der Waals surface area contributed by atoms with Crippen molar-refractivity contribution in [3.63, 3.8) is 0 Å². The fraction of sp³-hybridized carbons (Fsp3) is 0.562. The molecule has 0 aliphatic heterocycles. The van der Waals surface area contributed by atoms with E-state index in [0.717, 1.165) is 6.42 Å². The lowest BCUT2D eigenvalue weighted by atomic mass is 9.86. The SMILES string of the molecule is COC(=O)CC1CC1c1ccc(C(C)(C)C)cc1. The lowest BCUT2D eigenvalue weighted by Gasteiger charge is -2.19. The Balaban J connectivity index is 1.98. The van der Waals surface area contributed by atoms with E-state index >= 15 is 0 Å². The third-order valence-electron chi connectivity index (χ3n) is 3.78. The molecule has 1 aromatic carbocycles. The Morgan fingerprint density at radius 3 is 2.39 bits per heavy atom. The summed E-state index contributed by atoms with van der Waals surface area (Å²) in [5, 5.41) is 0. The third-order valence-corrected chi connectivity index (χ3v) is 3.78. The van der Waals surface area contributed by atoms with Crippen molar-refractivity contribution in [2.24, 2.45) is 5.92 Å². The molecule has 0 N–H and O–H groups in total. The van der Waals surface area contributed by atoms with E-state index in [1.54, 1.807) is 0 Å². The predicted octanol–water partition coefficient (Wildman–Crippen LogP) is 3.65. The molecule has 2 nitrogen and oxygen atoms in total. The molecule has 1 aliphatic rings. The van der Waals surface area contributed by atoms with Crippen molar-refractivity contribution in [2.75, 3.05) is 7.11 Å². The zero-order chi connectivity index (χ0) is 13.3. The molecule has 18 heavy (non-hydrogen) atoms. The van der Waals surface area contributed by atoms with E-state index in [2.05, 4.69) is 45.0 Å². The molecule has 1 aliphatic carbocycles. The lowest BCUT2D eigenvalue weighted by molar-refractivity contribution is -0.141. The van der Waals surface area contributed by atoms with Gasteiger partial charge in [0.25, 0.3) is 0 Å². The fourth-order valence-electron chi connectivity index (χ4n) is 2.41. The van der Waals surface area contributed by atoms with E-state index in [4.69, 9.17) is 4.74 Å². The predicted molar refractivity (Wildman–Crippen MR) is 72.6 cm³/mol. The van der Waals surface area contributed by atoms with Gasteiger partial charge in [-0.1, -0.05) is 45.0 Å². The van der Waals surface area contributed by atoms with Crippen LogP contribution in [0.2, 0.25) is 0 Å². The maximum Gasteiger partial charge on any atom is 0.305 e. The van der Waals surface area contributed by atoms with Crippen molar-refractivity contribution >= 4 is 5.97 Å². The molecule has 2 rings (SSSR count). The molecule has 0 radical (unpaired) electrons. The number of ether oxygens (including phenoxy) is 1. The Morgan fingerprint density at radius 1 is 1.28 bits per heavy atom. The largest absolute Gasteiger partial charge is 0.469 e. The molecule has 1 fully saturated rings. The first kappa shape index (κ1) is 13.1. The topological polar surface area (TPSA) is 26.3 Å². The van der Waals surface area contributed by atoms with Gasteiger partial charge in [0.1, 0.15) is 0 Å². The highest BCUT2D eigenvalue weighted by atomic mass is 16.5. The molecule has 0 spiro atoms. The van der Waals surface area contributed by atoms with Crippen molar-refractivity contribution in [2.45, 2.75) is 44.9 Å². The molecule has 0 aromatic heterocycles. The molecule has 0 saturated heterocycles. The average Bonchev–Trinajstić information content (AvgIpc) is 3.07. The van der Waals surface area contributed by atoms with Crippen LogP contribution in [0.1, 0.15) is 50.7 Å². The van der Waals surface area contributed by atoms with Gasteiger partial charge in [-0.25, -0.2) is 0 Å². The Labute approximate surface area is 109 Å². The summed E-state index contributed by atoms with van der Waals surface area (Å²) < 4.78 is 4.71. The average molecular weight is 246 g/mol. The van der Waals surface area contributed by atoms with Crippen LogP contribution in [0.3, 0.4) is 0 Å². The minimum atomic E-state index is -0.0891. The van der Waals surface area contributed by atoms with Crippen LogP contribution in [0.5, 0.6) is 0 Å². The van der Waals surface area contributed by atoms with Crippen molar-refractivity contribution in [3.05, 3.63) is 35.4 Å².